The van der Waals surface area contributed by atoms with Crippen molar-refractivity contribution >= 4 is 37.1 Å². The number of benzene rings is 4. The van der Waals surface area contributed by atoms with Crippen molar-refractivity contribution in [2.24, 2.45) is 0 Å². The molecule has 0 aliphatic heterocycles. The summed E-state index contributed by atoms with van der Waals surface area (Å²) in [4.78, 5) is 0. The van der Waals surface area contributed by atoms with Crippen LogP contribution in [-0.2, 0) is 0 Å². The first-order valence-corrected chi connectivity index (χ1v) is 18.5. The summed E-state index contributed by atoms with van der Waals surface area (Å²) in [5, 5.41) is 6.84. The summed E-state index contributed by atoms with van der Waals surface area (Å²) in [5.41, 5.74) is 17.3. The van der Waals surface area contributed by atoms with E-state index in [1.165, 1.54) is 79.6 Å². The van der Waals surface area contributed by atoms with Crippen molar-refractivity contribution in [3.05, 3.63) is 115 Å². The summed E-state index contributed by atoms with van der Waals surface area (Å²) in [5.74, 6) is 0. The number of aryl methyl sites for hydroxylation is 4. The van der Waals surface area contributed by atoms with Gasteiger partial charge in [-0.1, -0.05) is 61.9 Å². The van der Waals surface area contributed by atoms with Crippen molar-refractivity contribution in [3.63, 3.8) is 0 Å². The van der Waals surface area contributed by atoms with Gasteiger partial charge in [-0.2, -0.15) is 0 Å². The fourth-order valence-corrected chi connectivity index (χ4v) is 14.7. The molecular weight excluding hydrogens is 542 g/mol. The van der Waals surface area contributed by atoms with Gasteiger partial charge in [-0.25, -0.2) is 0 Å². The summed E-state index contributed by atoms with van der Waals surface area (Å²) in [6.07, 6.45) is 2.40. The van der Waals surface area contributed by atoms with E-state index in [1.54, 1.807) is 21.2 Å². The highest BCUT2D eigenvalue weighted by Crippen LogP contribution is 2.60. The second-order valence-corrected chi connectivity index (χ2v) is 17.7. The lowest BCUT2D eigenvalue weighted by Gasteiger charge is -2.39. The molecule has 0 saturated heterocycles. The summed E-state index contributed by atoms with van der Waals surface area (Å²) >= 11 is 0. The number of hydrogen-bond donors (Lipinski definition) is 0. The van der Waals surface area contributed by atoms with Crippen LogP contribution in [0.2, 0.25) is 0 Å². The molecule has 4 aromatic carbocycles. The molecule has 0 atom stereocenters. The molecule has 0 fully saturated rings. The zero-order chi connectivity index (χ0) is 31.0. The molecule has 0 amide bonds. The van der Waals surface area contributed by atoms with Crippen LogP contribution in [0, 0.1) is 83.1 Å². The number of rotatable bonds is 8. The third-order valence-corrected chi connectivity index (χ3v) is 17.4. The topological polar surface area (TPSA) is 0 Å². The lowest BCUT2D eigenvalue weighted by Crippen LogP contribution is -2.32. The Labute approximate surface area is 259 Å². The number of hydrogen-bond acceptors (Lipinski definition) is 0. The molecule has 0 radical (unpaired) electrons. The van der Waals surface area contributed by atoms with Gasteiger partial charge in [0.15, 0.2) is 0 Å². The molecule has 0 N–H and O–H groups in total. The summed E-state index contributed by atoms with van der Waals surface area (Å²) < 4.78 is 0. The van der Waals surface area contributed by atoms with Crippen molar-refractivity contribution < 1.29 is 0 Å². The molecule has 0 bridgehead atoms. The zero-order valence-electron chi connectivity index (χ0n) is 28.5. The highest BCUT2D eigenvalue weighted by Gasteiger charge is 2.37. The fourth-order valence-electron chi connectivity index (χ4n) is 6.34. The Morgan fingerprint density at radius 2 is 0.619 bits per heavy atom. The van der Waals surface area contributed by atoms with Gasteiger partial charge in [0.05, 0.1) is 0 Å². The van der Waals surface area contributed by atoms with Crippen molar-refractivity contribution in [2.75, 3.05) is 0 Å². The van der Waals surface area contributed by atoms with Gasteiger partial charge < -0.3 is 0 Å². The Morgan fingerprint density at radius 1 is 0.381 bits per heavy atom. The Balaban J connectivity index is 2.16. The molecule has 0 aromatic heterocycles. The highest BCUT2D eigenvalue weighted by atomic mass is 31.2. The molecule has 0 aliphatic carbocycles. The first-order valence-electron chi connectivity index (χ1n) is 15.7. The van der Waals surface area contributed by atoms with E-state index in [0.29, 0.717) is 5.40 Å². The minimum atomic E-state index is -0.636. The first-order chi connectivity index (χ1) is 19.8. The van der Waals surface area contributed by atoms with Crippen LogP contribution in [0.25, 0.3) is 0 Å². The third kappa shape index (κ3) is 5.92. The zero-order valence-corrected chi connectivity index (χ0v) is 30.3. The summed E-state index contributed by atoms with van der Waals surface area (Å²) in [7, 11) is -1.27. The van der Waals surface area contributed by atoms with Crippen molar-refractivity contribution in [1.82, 2.24) is 0 Å². The van der Waals surface area contributed by atoms with Crippen molar-refractivity contribution in [1.29, 1.82) is 0 Å². The standard InChI is InChI=1S/C40H52P2/c1-14-15-40(41(36-20-16-24(2)28(6)32(36)10)37-21-17-25(3)29(7)33(37)11)42(38-22-18-26(4)30(8)34(38)12)39-23-19-27(5)31(9)35(39)13/h16-23,40H,14-15H2,1-13H3. The Bertz CT molecular complexity index is 1390. The van der Waals surface area contributed by atoms with Gasteiger partial charge in [0, 0.05) is 5.40 Å². The van der Waals surface area contributed by atoms with Gasteiger partial charge in [0.1, 0.15) is 0 Å². The van der Waals surface area contributed by atoms with Crippen LogP contribution in [-0.4, -0.2) is 5.40 Å². The molecule has 0 unspecified atom stereocenters. The molecule has 222 valence electrons. The monoisotopic (exact) mass is 594 g/mol. The van der Waals surface area contributed by atoms with Crippen molar-refractivity contribution in [3.8, 4) is 0 Å². The predicted octanol–water partition coefficient (Wildman–Crippen LogP) is 10.1. The normalized spacial score (nSPS) is 11.8. The average molecular weight is 595 g/mol. The van der Waals surface area contributed by atoms with Gasteiger partial charge in [-0.05, 0) is 193 Å². The lowest BCUT2D eigenvalue weighted by molar-refractivity contribution is 0.862. The van der Waals surface area contributed by atoms with Crippen LogP contribution in [0.4, 0.5) is 0 Å². The van der Waals surface area contributed by atoms with E-state index in [4.69, 9.17) is 0 Å². The second kappa shape index (κ2) is 13.2. The maximum atomic E-state index is 2.49. The van der Waals surface area contributed by atoms with E-state index in [1.807, 2.05) is 0 Å². The van der Waals surface area contributed by atoms with Crippen LogP contribution >= 0.6 is 15.8 Å². The molecule has 42 heavy (non-hydrogen) atoms. The average Bonchev–Trinajstić information content (AvgIpc) is 2.96. The van der Waals surface area contributed by atoms with E-state index in [0.717, 1.165) is 0 Å². The minimum absolute atomic E-state index is 0.531. The van der Waals surface area contributed by atoms with E-state index < -0.39 is 15.8 Å². The molecule has 0 aliphatic rings. The smallest absolute Gasteiger partial charge is 0.0155 e. The quantitative estimate of drug-likeness (QED) is 0.178. The Hall–Kier alpha value is -2.26. The van der Waals surface area contributed by atoms with E-state index >= 15 is 0 Å². The van der Waals surface area contributed by atoms with Crippen LogP contribution in [0.3, 0.4) is 0 Å². The van der Waals surface area contributed by atoms with E-state index in [9.17, 15) is 0 Å². The van der Waals surface area contributed by atoms with Gasteiger partial charge in [0.25, 0.3) is 0 Å². The van der Waals surface area contributed by atoms with Crippen LogP contribution in [0.5, 0.6) is 0 Å². The Morgan fingerprint density at radius 3 is 0.833 bits per heavy atom. The van der Waals surface area contributed by atoms with Crippen LogP contribution in [0.15, 0.2) is 48.5 Å². The molecule has 2 heteroatoms. The third-order valence-electron chi connectivity index (χ3n) is 10.3. The van der Waals surface area contributed by atoms with Gasteiger partial charge >= 0.3 is 0 Å². The molecule has 0 nitrogen and oxygen atoms in total. The lowest BCUT2D eigenvalue weighted by atomic mass is 10.0. The largest absolute Gasteiger partial charge is 0.0653 e. The van der Waals surface area contributed by atoms with E-state index in [-0.39, 0.29) is 0 Å². The molecular formula is C40H52P2. The highest BCUT2D eigenvalue weighted by molar-refractivity contribution is 7.89. The van der Waals surface area contributed by atoms with Crippen molar-refractivity contribution in [2.45, 2.75) is 108 Å². The minimum Gasteiger partial charge on any atom is -0.0653 e. The summed E-state index contributed by atoms with van der Waals surface area (Å²) in [6, 6.07) is 19.5. The summed E-state index contributed by atoms with van der Waals surface area (Å²) in [6.45, 7) is 30.3. The van der Waals surface area contributed by atoms with E-state index in [2.05, 4.69) is 139 Å². The van der Waals surface area contributed by atoms with Crippen LogP contribution in [0.1, 0.15) is 86.5 Å². The Kier molecular flexibility index (Phi) is 10.2. The van der Waals surface area contributed by atoms with Gasteiger partial charge in [-0.3, -0.25) is 0 Å². The molecule has 0 spiro atoms. The molecule has 4 rings (SSSR count). The SMILES string of the molecule is CCCC(P(c1ccc(C)c(C)c1C)c1ccc(C)c(C)c1C)P(c1ccc(C)c(C)c1C)c1ccc(C)c(C)c1C. The second-order valence-electron chi connectivity index (χ2n) is 12.6. The maximum Gasteiger partial charge on any atom is 0.0155 e. The molecule has 0 heterocycles. The first kappa shape index (κ1) is 32.6. The molecule has 4 aromatic rings. The molecule has 0 saturated carbocycles. The maximum absolute atomic E-state index is 2.49. The fraction of sp³-hybridized carbons (Fsp3) is 0.400. The van der Waals surface area contributed by atoms with Gasteiger partial charge in [-0.15, -0.1) is 0 Å². The predicted molar refractivity (Wildman–Crippen MR) is 194 cm³/mol. The van der Waals surface area contributed by atoms with Crippen LogP contribution < -0.4 is 21.2 Å². The van der Waals surface area contributed by atoms with Gasteiger partial charge in [0.2, 0.25) is 0 Å².